The maximum absolute atomic E-state index is 13.7. The van der Waals surface area contributed by atoms with Crippen molar-refractivity contribution in [2.45, 2.75) is 43.4 Å². The number of Topliss-reactive ketones (excluding diaryl/α,β-unsaturated/α-hetero) is 1. The average molecular weight is 430 g/mol. The monoisotopic (exact) mass is 429 g/mol. The molecule has 4 nitrogen and oxygen atoms in total. The van der Waals surface area contributed by atoms with Crippen molar-refractivity contribution in [2.75, 3.05) is 4.72 Å². The summed E-state index contributed by atoms with van der Waals surface area (Å²) in [5.41, 5.74) is 0.548. The van der Waals surface area contributed by atoms with Crippen LogP contribution in [0.25, 0.3) is 0 Å². The number of benzene rings is 2. The van der Waals surface area contributed by atoms with E-state index in [1.807, 2.05) is 6.07 Å². The Labute approximate surface area is 176 Å². The number of hydrogen-bond acceptors (Lipinski definition) is 3. The van der Waals surface area contributed by atoms with Gasteiger partial charge in [-0.05, 0) is 92.7 Å². The normalized spacial score (nSPS) is 30.3. The molecule has 6 rings (SSSR count). The van der Waals surface area contributed by atoms with E-state index < -0.39 is 10.0 Å². The zero-order valence-electron chi connectivity index (χ0n) is 16.1. The fourth-order valence-electron chi connectivity index (χ4n) is 6.26. The summed E-state index contributed by atoms with van der Waals surface area (Å²) in [6.07, 6.45) is 6.65. The number of carbonyl (C=O) groups excluding carboxylic acids is 1. The standard InChI is InChI=1S/C23H24ClNO3S/c24-18-5-7-19(8-6-18)29(27,28)25-21-4-2-1-3-20(21)22(26)23-12-15-9-16(13-23)11-17(10-15)14-23/h1-8,15-17,25H,9-14H2. The lowest BCUT2D eigenvalue weighted by molar-refractivity contribution is -0.0352. The van der Waals surface area contributed by atoms with Crippen molar-refractivity contribution in [3.8, 4) is 0 Å². The summed E-state index contributed by atoms with van der Waals surface area (Å²) >= 11 is 5.88. The molecular weight excluding hydrogens is 406 g/mol. The molecule has 4 aliphatic carbocycles. The van der Waals surface area contributed by atoms with Gasteiger partial charge in [-0.2, -0.15) is 0 Å². The Morgan fingerprint density at radius 1 is 0.897 bits per heavy atom. The molecule has 4 aliphatic rings. The van der Waals surface area contributed by atoms with Gasteiger partial charge < -0.3 is 0 Å². The van der Waals surface area contributed by atoms with Crippen LogP contribution < -0.4 is 4.72 Å². The van der Waals surface area contributed by atoms with E-state index >= 15 is 0 Å². The number of anilines is 1. The van der Waals surface area contributed by atoms with E-state index in [9.17, 15) is 13.2 Å². The third-order valence-corrected chi connectivity index (χ3v) is 8.69. The third-order valence-electron chi connectivity index (χ3n) is 7.06. The van der Waals surface area contributed by atoms with E-state index in [4.69, 9.17) is 11.6 Å². The largest absolute Gasteiger partial charge is 0.293 e. The summed E-state index contributed by atoms with van der Waals surface area (Å²) in [5, 5.41) is 0.473. The summed E-state index contributed by atoms with van der Waals surface area (Å²) in [6, 6.07) is 13.0. The van der Waals surface area contributed by atoms with Crippen LogP contribution in [-0.2, 0) is 10.0 Å². The summed E-state index contributed by atoms with van der Waals surface area (Å²) < 4.78 is 28.4. The highest BCUT2D eigenvalue weighted by atomic mass is 35.5. The average Bonchev–Trinajstić information content (AvgIpc) is 2.67. The van der Waals surface area contributed by atoms with Crippen LogP contribution in [0.5, 0.6) is 0 Å². The molecule has 6 heteroatoms. The topological polar surface area (TPSA) is 63.2 Å². The minimum Gasteiger partial charge on any atom is -0.293 e. The molecule has 0 saturated heterocycles. The van der Waals surface area contributed by atoms with E-state index in [1.54, 1.807) is 30.3 Å². The van der Waals surface area contributed by atoms with E-state index in [0.717, 1.165) is 19.3 Å². The van der Waals surface area contributed by atoms with Gasteiger partial charge in [0.15, 0.2) is 5.78 Å². The SMILES string of the molecule is O=C(c1ccccc1NS(=O)(=O)c1ccc(Cl)cc1)C12CC3CC(CC(C3)C1)C2. The van der Waals surface area contributed by atoms with Crippen LogP contribution in [0.4, 0.5) is 5.69 Å². The zero-order valence-corrected chi connectivity index (χ0v) is 17.7. The first-order valence-electron chi connectivity index (χ1n) is 10.3. The molecule has 2 aromatic carbocycles. The molecular formula is C23H24ClNO3S. The highest BCUT2D eigenvalue weighted by molar-refractivity contribution is 7.92. The summed E-state index contributed by atoms with van der Waals surface area (Å²) in [7, 11) is -3.80. The van der Waals surface area contributed by atoms with Crippen molar-refractivity contribution < 1.29 is 13.2 Å². The molecule has 0 atom stereocenters. The van der Waals surface area contributed by atoms with Gasteiger partial charge in [-0.25, -0.2) is 8.42 Å². The van der Waals surface area contributed by atoms with Crippen LogP contribution in [0.1, 0.15) is 48.9 Å². The first kappa shape index (κ1) is 19.1. The molecule has 0 heterocycles. The third kappa shape index (κ3) is 3.38. The summed E-state index contributed by atoms with van der Waals surface area (Å²) in [6.45, 7) is 0. The summed E-state index contributed by atoms with van der Waals surface area (Å²) in [4.78, 5) is 13.9. The number of nitrogens with one attached hydrogen (secondary N) is 1. The van der Waals surface area contributed by atoms with Crippen LogP contribution in [0, 0.1) is 23.2 Å². The molecule has 1 N–H and O–H groups in total. The molecule has 0 spiro atoms. The molecule has 4 fully saturated rings. The Hall–Kier alpha value is -1.85. The number of rotatable bonds is 5. The number of carbonyl (C=O) groups is 1. The predicted molar refractivity (Wildman–Crippen MR) is 114 cm³/mol. The first-order valence-corrected chi connectivity index (χ1v) is 12.1. The van der Waals surface area contributed by atoms with Crippen molar-refractivity contribution in [3.05, 3.63) is 59.1 Å². The number of halogens is 1. The van der Waals surface area contributed by atoms with Crippen LogP contribution in [-0.4, -0.2) is 14.2 Å². The minimum absolute atomic E-state index is 0.117. The lowest BCUT2D eigenvalue weighted by atomic mass is 9.48. The fourth-order valence-corrected chi connectivity index (χ4v) is 7.47. The number of para-hydroxylation sites is 1. The number of sulfonamides is 1. The maximum atomic E-state index is 13.7. The van der Waals surface area contributed by atoms with Crippen LogP contribution in [0.2, 0.25) is 5.02 Å². The van der Waals surface area contributed by atoms with Gasteiger partial charge in [0.25, 0.3) is 10.0 Å². The van der Waals surface area contributed by atoms with Gasteiger partial charge in [-0.15, -0.1) is 0 Å². The van der Waals surface area contributed by atoms with Gasteiger partial charge in [0, 0.05) is 16.0 Å². The Balaban J connectivity index is 1.47. The molecule has 152 valence electrons. The van der Waals surface area contributed by atoms with Crippen molar-refractivity contribution >= 4 is 33.1 Å². The van der Waals surface area contributed by atoms with Crippen molar-refractivity contribution in [1.29, 1.82) is 0 Å². The van der Waals surface area contributed by atoms with E-state index in [-0.39, 0.29) is 16.1 Å². The van der Waals surface area contributed by atoms with Crippen LogP contribution >= 0.6 is 11.6 Å². The molecule has 29 heavy (non-hydrogen) atoms. The Kier molecular flexibility index (Phi) is 4.52. The molecule has 2 aromatic rings. The lowest BCUT2D eigenvalue weighted by Crippen LogP contribution is -2.50. The van der Waals surface area contributed by atoms with E-state index in [1.165, 1.54) is 31.4 Å². The Morgan fingerprint density at radius 2 is 1.45 bits per heavy atom. The lowest BCUT2D eigenvalue weighted by Gasteiger charge is -2.56. The van der Waals surface area contributed by atoms with Gasteiger partial charge >= 0.3 is 0 Å². The van der Waals surface area contributed by atoms with Crippen molar-refractivity contribution in [1.82, 2.24) is 0 Å². The minimum atomic E-state index is -3.80. The van der Waals surface area contributed by atoms with Gasteiger partial charge in [0.2, 0.25) is 0 Å². The van der Waals surface area contributed by atoms with Crippen LogP contribution in [0.15, 0.2) is 53.4 Å². The molecule has 0 unspecified atom stereocenters. The van der Waals surface area contributed by atoms with Crippen LogP contribution in [0.3, 0.4) is 0 Å². The molecule has 0 aromatic heterocycles. The second-order valence-electron chi connectivity index (χ2n) is 9.13. The van der Waals surface area contributed by atoms with Gasteiger partial charge in [0.05, 0.1) is 10.6 Å². The molecule has 0 aliphatic heterocycles. The summed E-state index contributed by atoms with van der Waals surface area (Å²) in [5.74, 6) is 2.08. The van der Waals surface area contributed by atoms with Gasteiger partial charge in [-0.3, -0.25) is 9.52 Å². The van der Waals surface area contributed by atoms with Crippen molar-refractivity contribution in [2.24, 2.45) is 23.2 Å². The van der Waals surface area contributed by atoms with Gasteiger partial charge in [0.1, 0.15) is 0 Å². The Morgan fingerprint density at radius 3 is 2.03 bits per heavy atom. The second kappa shape index (κ2) is 6.85. The Bertz CT molecular complexity index is 1030. The van der Waals surface area contributed by atoms with Gasteiger partial charge in [-0.1, -0.05) is 23.7 Å². The highest BCUT2D eigenvalue weighted by Gasteiger charge is 2.54. The van der Waals surface area contributed by atoms with E-state index in [0.29, 0.717) is 34.0 Å². The highest BCUT2D eigenvalue weighted by Crippen LogP contribution is 2.61. The van der Waals surface area contributed by atoms with Crippen molar-refractivity contribution in [3.63, 3.8) is 0 Å². The quantitative estimate of drug-likeness (QED) is 0.634. The second-order valence-corrected chi connectivity index (χ2v) is 11.3. The zero-order chi connectivity index (χ0) is 20.2. The predicted octanol–water partition coefficient (Wildman–Crippen LogP) is 5.54. The van der Waals surface area contributed by atoms with E-state index in [2.05, 4.69) is 4.72 Å². The molecule has 0 amide bonds. The fraction of sp³-hybridized carbons (Fsp3) is 0.435. The molecule has 4 saturated carbocycles. The molecule has 4 bridgehead atoms. The number of hydrogen-bond donors (Lipinski definition) is 1. The number of ketones is 1. The smallest absolute Gasteiger partial charge is 0.261 e. The molecule has 0 radical (unpaired) electrons. The maximum Gasteiger partial charge on any atom is 0.261 e. The first-order chi connectivity index (χ1) is 13.8.